The molecular formula is C15H14ClF2N. The molecule has 2 rings (SSSR count). The van der Waals surface area contributed by atoms with Gasteiger partial charge in [-0.25, -0.2) is 8.78 Å². The van der Waals surface area contributed by atoms with E-state index in [9.17, 15) is 8.78 Å². The Bertz CT molecular complexity index is 599. The number of rotatable bonds is 3. The van der Waals surface area contributed by atoms with E-state index in [1.54, 1.807) is 12.1 Å². The molecule has 4 heteroatoms. The van der Waals surface area contributed by atoms with E-state index in [2.05, 4.69) is 0 Å². The maximum absolute atomic E-state index is 13.0. The van der Waals surface area contributed by atoms with Crippen molar-refractivity contribution in [3.63, 3.8) is 0 Å². The minimum Gasteiger partial charge on any atom is -0.324 e. The highest BCUT2D eigenvalue weighted by molar-refractivity contribution is 6.31. The van der Waals surface area contributed by atoms with Crippen molar-refractivity contribution in [2.75, 3.05) is 0 Å². The van der Waals surface area contributed by atoms with Crippen molar-refractivity contribution < 1.29 is 8.78 Å². The molecule has 0 fully saturated rings. The summed E-state index contributed by atoms with van der Waals surface area (Å²) in [5.41, 5.74) is 8.57. The first-order chi connectivity index (χ1) is 8.97. The third kappa shape index (κ3) is 3.31. The fourth-order valence-corrected chi connectivity index (χ4v) is 2.34. The lowest BCUT2D eigenvalue weighted by Crippen LogP contribution is -2.14. The van der Waals surface area contributed by atoms with Crippen LogP contribution in [0.1, 0.15) is 22.7 Å². The first kappa shape index (κ1) is 14.0. The summed E-state index contributed by atoms with van der Waals surface area (Å²) in [6.45, 7) is 1.83. The van der Waals surface area contributed by atoms with Gasteiger partial charge in [0.1, 0.15) is 11.6 Å². The number of halogens is 3. The Morgan fingerprint density at radius 1 is 1.11 bits per heavy atom. The quantitative estimate of drug-likeness (QED) is 0.898. The predicted molar refractivity (Wildman–Crippen MR) is 73.2 cm³/mol. The second-order valence-corrected chi connectivity index (χ2v) is 4.95. The molecule has 2 N–H and O–H groups in total. The van der Waals surface area contributed by atoms with Crippen molar-refractivity contribution in [1.29, 1.82) is 0 Å². The molecule has 0 aliphatic rings. The van der Waals surface area contributed by atoms with Crippen LogP contribution in [0.4, 0.5) is 8.78 Å². The van der Waals surface area contributed by atoms with Gasteiger partial charge in [-0.15, -0.1) is 0 Å². The van der Waals surface area contributed by atoms with Gasteiger partial charge in [0.2, 0.25) is 0 Å². The molecule has 1 nitrogen and oxygen atoms in total. The van der Waals surface area contributed by atoms with E-state index >= 15 is 0 Å². The normalized spacial score (nSPS) is 12.5. The molecule has 0 aromatic heterocycles. The summed E-state index contributed by atoms with van der Waals surface area (Å²) in [4.78, 5) is 0. The highest BCUT2D eigenvalue weighted by Gasteiger charge is 2.13. The molecular weight excluding hydrogens is 268 g/mol. The number of nitrogens with two attached hydrogens (primary N) is 1. The van der Waals surface area contributed by atoms with E-state index in [4.69, 9.17) is 17.3 Å². The van der Waals surface area contributed by atoms with E-state index in [1.807, 2.05) is 6.92 Å². The summed E-state index contributed by atoms with van der Waals surface area (Å²) in [6.07, 6.45) is 0.525. The smallest absolute Gasteiger partial charge is 0.124 e. The largest absolute Gasteiger partial charge is 0.324 e. The fourth-order valence-electron chi connectivity index (χ4n) is 2.04. The van der Waals surface area contributed by atoms with Crippen LogP contribution in [0.2, 0.25) is 5.02 Å². The van der Waals surface area contributed by atoms with Crippen LogP contribution >= 0.6 is 11.6 Å². The summed E-state index contributed by atoms with van der Waals surface area (Å²) in [5, 5.41) is 0.312. The van der Waals surface area contributed by atoms with Gasteiger partial charge in [0.05, 0.1) is 0 Å². The number of hydrogen-bond acceptors (Lipinski definition) is 1. The molecule has 0 radical (unpaired) electrons. The minimum absolute atomic E-state index is 0.269. The maximum atomic E-state index is 13.0. The molecule has 100 valence electrons. The van der Waals surface area contributed by atoms with Gasteiger partial charge in [0.25, 0.3) is 0 Å². The maximum Gasteiger partial charge on any atom is 0.124 e. The van der Waals surface area contributed by atoms with Crippen LogP contribution in [0.5, 0.6) is 0 Å². The van der Waals surface area contributed by atoms with E-state index in [-0.39, 0.29) is 17.7 Å². The van der Waals surface area contributed by atoms with Gasteiger partial charge in [-0.1, -0.05) is 23.7 Å². The van der Waals surface area contributed by atoms with Gasteiger partial charge in [-0.3, -0.25) is 0 Å². The van der Waals surface area contributed by atoms with E-state index in [0.717, 1.165) is 11.1 Å². The molecule has 1 unspecified atom stereocenters. The third-order valence-electron chi connectivity index (χ3n) is 3.11. The summed E-state index contributed by atoms with van der Waals surface area (Å²) in [7, 11) is 0. The standard InChI is InChI=1S/C15H14ClF2N/c1-9-6-11(17)3-2-10(9)7-15(19)13-5-4-12(18)8-14(13)16/h2-6,8,15H,7,19H2,1H3. The lowest BCUT2D eigenvalue weighted by Gasteiger charge is -2.15. The lowest BCUT2D eigenvalue weighted by atomic mass is 9.96. The Morgan fingerprint density at radius 2 is 1.74 bits per heavy atom. The molecule has 1 atom stereocenters. The van der Waals surface area contributed by atoms with Crippen molar-refractivity contribution in [3.8, 4) is 0 Å². The van der Waals surface area contributed by atoms with Crippen LogP contribution in [0.15, 0.2) is 36.4 Å². The Labute approximate surface area is 116 Å². The van der Waals surface area contributed by atoms with E-state index < -0.39 is 0 Å². The number of aryl methyl sites for hydroxylation is 1. The average molecular weight is 282 g/mol. The highest BCUT2D eigenvalue weighted by atomic mass is 35.5. The first-order valence-corrected chi connectivity index (χ1v) is 6.30. The summed E-state index contributed by atoms with van der Waals surface area (Å²) >= 11 is 5.98. The van der Waals surface area contributed by atoms with Gasteiger partial charge in [0, 0.05) is 11.1 Å². The van der Waals surface area contributed by atoms with Crippen LogP contribution < -0.4 is 5.73 Å². The number of hydrogen-bond donors (Lipinski definition) is 1. The van der Waals surface area contributed by atoms with Crippen molar-refractivity contribution >= 4 is 11.6 Å². The zero-order valence-corrected chi connectivity index (χ0v) is 11.2. The molecule has 0 bridgehead atoms. The van der Waals surface area contributed by atoms with Crippen molar-refractivity contribution in [2.24, 2.45) is 5.73 Å². The molecule has 0 aliphatic heterocycles. The van der Waals surface area contributed by atoms with Gasteiger partial charge in [0.15, 0.2) is 0 Å². The van der Waals surface area contributed by atoms with E-state index in [1.165, 1.54) is 24.3 Å². The number of benzene rings is 2. The summed E-state index contributed by atoms with van der Waals surface area (Å²) < 4.78 is 26.0. The zero-order valence-electron chi connectivity index (χ0n) is 10.5. The predicted octanol–water partition coefficient (Wildman–Crippen LogP) is 4.17. The second kappa shape index (κ2) is 5.68. The average Bonchev–Trinajstić information content (AvgIpc) is 2.32. The van der Waals surface area contributed by atoms with Gasteiger partial charge >= 0.3 is 0 Å². The minimum atomic E-state index is -0.390. The highest BCUT2D eigenvalue weighted by Crippen LogP contribution is 2.26. The molecule has 0 spiro atoms. The Kier molecular flexibility index (Phi) is 4.17. The topological polar surface area (TPSA) is 26.0 Å². The Morgan fingerprint density at radius 3 is 2.37 bits per heavy atom. The first-order valence-electron chi connectivity index (χ1n) is 5.93. The zero-order chi connectivity index (χ0) is 14.0. The third-order valence-corrected chi connectivity index (χ3v) is 3.43. The van der Waals surface area contributed by atoms with Crippen molar-refractivity contribution in [2.45, 2.75) is 19.4 Å². The van der Waals surface area contributed by atoms with Gasteiger partial charge in [-0.05, 0) is 54.3 Å². The molecule has 0 aliphatic carbocycles. The van der Waals surface area contributed by atoms with E-state index in [0.29, 0.717) is 17.0 Å². The molecule has 0 amide bonds. The summed E-state index contributed by atoms with van der Waals surface area (Å²) in [6, 6.07) is 8.39. The lowest BCUT2D eigenvalue weighted by molar-refractivity contribution is 0.621. The molecule has 0 saturated carbocycles. The monoisotopic (exact) mass is 281 g/mol. The Balaban J connectivity index is 2.23. The van der Waals surface area contributed by atoms with Crippen LogP contribution in [-0.2, 0) is 6.42 Å². The second-order valence-electron chi connectivity index (χ2n) is 4.55. The Hall–Kier alpha value is -1.45. The van der Waals surface area contributed by atoms with Gasteiger partial charge in [-0.2, -0.15) is 0 Å². The molecule has 2 aromatic rings. The SMILES string of the molecule is Cc1cc(F)ccc1CC(N)c1ccc(F)cc1Cl. The van der Waals surface area contributed by atoms with Crippen LogP contribution in [0, 0.1) is 18.6 Å². The van der Waals surface area contributed by atoms with Crippen LogP contribution in [0.3, 0.4) is 0 Å². The molecule has 0 heterocycles. The van der Waals surface area contributed by atoms with Gasteiger partial charge < -0.3 is 5.73 Å². The van der Waals surface area contributed by atoms with Crippen molar-refractivity contribution in [1.82, 2.24) is 0 Å². The van der Waals surface area contributed by atoms with Crippen LogP contribution in [-0.4, -0.2) is 0 Å². The molecule has 0 saturated heterocycles. The molecule has 2 aromatic carbocycles. The van der Waals surface area contributed by atoms with Crippen molar-refractivity contribution in [3.05, 3.63) is 69.7 Å². The fraction of sp³-hybridized carbons (Fsp3) is 0.200. The summed E-state index contributed by atoms with van der Waals surface area (Å²) in [5.74, 6) is -0.659. The molecule has 19 heavy (non-hydrogen) atoms. The van der Waals surface area contributed by atoms with Crippen LogP contribution in [0.25, 0.3) is 0 Å².